The van der Waals surface area contributed by atoms with Gasteiger partial charge in [0.15, 0.2) is 5.82 Å². The van der Waals surface area contributed by atoms with Gasteiger partial charge in [0.1, 0.15) is 5.75 Å². The fourth-order valence-corrected chi connectivity index (χ4v) is 3.42. The van der Waals surface area contributed by atoms with Gasteiger partial charge in [-0.1, -0.05) is 30.3 Å². The van der Waals surface area contributed by atoms with Crippen LogP contribution in [0.15, 0.2) is 48.5 Å². The second-order valence-electron chi connectivity index (χ2n) is 6.53. The van der Waals surface area contributed by atoms with Crippen LogP contribution in [0.1, 0.15) is 12.0 Å². The highest BCUT2D eigenvalue weighted by Gasteiger charge is 2.36. The second-order valence-corrected chi connectivity index (χ2v) is 6.53. The maximum atomic E-state index is 12.6. The predicted octanol–water partition coefficient (Wildman–Crippen LogP) is 2.24. The Kier molecular flexibility index (Phi) is 4.50. The van der Waals surface area contributed by atoms with Gasteiger partial charge in [0.05, 0.1) is 18.5 Å². The molecule has 2 heterocycles. The number of carbonyl (C=O) groups excluding carboxylic acids is 2. The van der Waals surface area contributed by atoms with Crippen LogP contribution in [0.4, 0.5) is 5.82 Å². The van der Waals surface area contributed by atoms with Gasteiger partial charge in [0.2, 0.25) is 11.8 Å². The van der Waals surface area contributed by atoms with Crippen molar-refractivity contribution in [3.8, 4) is 5.75 Å². The molecule has 27 heavy (non-hydrogen) atoms. The number of aromatic amines is 1. The van der Waals surface area contributed by atoms with Crippen molar-refractivity contribution in [2.45, 2.75) is 13.0 Å². The normalized spacial score (nSPS) is 16.7. The molecule has 0 bridgehead atoms. The average molecular weight is 364 g/mol. The van der Waals surface area contributed by atoms with Crippen LogP contribution in [-0.2, 0) is 16.1 Å². The van der Waals surface area contributed by atoms with Crippen molar-refractivity contribution in [3.05, 3.63) is 54.1 Å². The molecule has 1 saturated heterocycles. The highest BCUT2D eigenvalue weighted by Crippen LogP contribution is 2.29. The van der Waals surface area contributed by atoms with E-state index in [4.69, 9.17) is 4.74 Å². The van der Waals surface area contributed by atoms with Gasteiger partial charge in [0, 0.05) is 30.5 Å². The van der Waals surface area contributed by atoms with Crippen LogP contribution >= 0.6 is 0 Å². The van der Waals surface area contributed by atoms with Crippen molar-refractivity contribution in [2.24, 2.45) is 5.92 Å². The number of amides is 2. The van der Waals surface area contributed by atoms with Gasteiger partial charge in [0.25, 0.3) is 0 Å². The number of methoxy groups -OCH3 is 1. The summed E-state index contributed by atoms with van der Waals surface area (Å²) in [6.07, 6.45) is 0.180. The van der Waals surface area contributed by atoms with Crippen LogP contribution in [0.3, 0.4) is 0 Å². The van der Waals surface area contributed by atoms with E-state index in [0.717, 1.165) is 22.2 Å². The van der Waals surface area contributed by atoms with Gasteiger partial charge in [-0.3, -0.25) is 19.6 Å². The summed E-state index contributed by atoms with van der Waals surface area (Å²) < 4.78 is 5.30. The number of hydrogen-bond acceptors (Lipinski definition) is 4. The maximum Gasteiger partial charge on any atom is 0.229 e. The molecule has 0 saturated carbocycles. The Hall–Kier alpha value is -3.35. The third-order valence-corrected chi connectivity index (χ3v) is 4.85. The smallest absolute Gasteiger partial charge is 0.229 e. The van der Waals surface area contributed by atoms with Gasteiger partial charge >= 0.3 is 0 Å². The number of rotatable bonds is 5. The topological polar surface area (TPSA) is 87.3 Å². The van der Waals surface area contributed by atoms with Crippen LogP contribution in [0.2, 0.25) is 0 Å². The zero-order chi connectivity index (χ0) is 18.8. The van der Waals surface area contributed by atoms with Crippen molar-refractivity contribution in [3.63, 3.8) is 0 Å². The van der Waals surface area contributed by atoms with E-state index >= 15 is 0 Å². The highest BCUT2D eigenvalue weighted by molar-refractivity contribution is 6.05. The average Bonchev–Trinajstić information content (AvgIpc) is 3.29. The largest absolute Gasteiger partial charge is 0.496 e. The number of nitrogens with one attached hydrogen (secondary N) is 2. The van der Waals surface area contributed by atoms with Crippen molar-refractivity contribution < 1.29 is 14.3 Å². The van der Waals surface area contributed by atoms with Crippen LogP contribution in [0.25, 0.3) is 10.9 Å². The second kappa shape index (κ2) is 7.11. The van der Waals surface area contributed by atoms with Gasteiger partial charge in [-0.05, 0) is 18.2 Å². The summed E-state index contributed by atoms with van der Waals surface area (Å²) in [6, 6.07) is 15.2. The summed E-state index contributed by atoms with van der Waals surface area (Å²) in [5.74, 6) is 0.671. The number of hydrogen-bond donors (Lipinski definition) is 2. The lowest BCUT2D eigenvalue weighted by molar-refractivity contribution is -0.126. The molecule has 1 fully saturated rings. The van der Waals surface area contributed by atoms with Crippen molar-refractivity contribution in [1.29, 1.82) is 0 Å². The standard InChI is InChI=1S/C20H20N4O3/c1-27-17-9-5-2-6-13(17)11-21-20(26)14-10-18(25)24(12-14)19-15-7-3-4-8-16(15)22-23-19/h2-9,14H,10-12H2,1H3,(H,21,26)(H,22,23). The van der Waals surface area contributed by atoms with Crippen LogP contribution < -0.4 is 15.0 Å². The fraction of sp³-hybridized carbons (Fsp3) is 0.250. The first kappa shape index (κ1) is 17.1. The molecule has 2 amide bonds. The number of nitrogens with zero attached hydrogens (tertiary/aromatic N) is 2. The lowest BCUT2D eigenvalue weighted by Crippen LogP contribution is -2.32. The molecule has 0 radical (unpaired) electrons. The highest BCUT2D eigenvalue weighted by atomic mass is 16.5. The minimum atomic E-state index is -0.400. The molecule has 138 valence electrons. The number of para-hydroxylation sites is 2. The molecule has 1 aliphatic rings. The van der Waals surface area contributed by atoms with Crippen molar-refractivity contribution in [1.82, 2.24) is 15.5 Å². The Bertz CT molecular complexity index is 998. The molecule has 1 aromatic heterocycles. The molecule has 0 spiro atoms. The molecule has 0 aliphatic carbocycles. The Morgan fingerprint density at radius 1 is 1.26 bits per heavy atom. The number of carbonyl (C=O) groups is 2. The number of H-pyrrole nitrogens is 1. The molecule has 3 aromatic rings. The molecule has 7 heteroatoms. The Morgan fingerprint density at radius 3 is 2.89 bits per heavy atom. The van der Waals surface area contributed by atoms with E-state index in [1.165, 1.54) is 0 Å². The fourth-order valence-electron chi connectivity index (χ4n) is 3.42. The van der Waals surface area contributed by atoms with Crippen LogP contribution in [0, 0.1) is 5.92 Å². The molecule has 1 atom stereocenters. The summed E-state index contributed by atoms with van der Waals surface area (Å²) >= 11 is 0. The van der Waals surface area contributed by atoms with E-state index in [-0.39, 0.29) is 18.2 Å². The van der Waals surface area contributed by atoms with Gasteiger partial charge in [-0.2, -0.15) is 5.10 Å². The molecule has 7 nitrogen and oxygen atoms in total. The van der Waals surface area contributed by atoms with E-state index in [1.54, 1.807) is 12.0 Å². The Labute approximate surface area is 156 Å². The zero-order valence-corrected chi connectivity index (χ0v) is 14.9. The molecule has 1 aliphatic heterocycles. The lowest BCUT2D eigenvalue weighted by atomic mass is 10.1. The van der Waals surface area contributed by atoms with E-state index < -0.39 is 5.92 Å². The summed E-state index contributed by atoms with van der Waals surface area (Å²) in [4.78, 5) is 26.7. The third-order valence-electron chi connectivity index (χ3n) is 4.85. The summed E-state index contributed by atoms with van der Waals surface area (Å²) in [5.41, 5.74) is 1.76. The molecule has 4 rings (SSSR count). The first-order valence-electron chi connectivity index (χ1n) is 8.80. The quantitative estimate of drug-likeness (QED) is 0.727. The summed E-state index contributed by atoms with van der Waals surface area (Å²) in [5, 5.41) is 11.0. The first-order chi connectivity index (χ1) is 13.2. The minimum Gasteiger partial charge on any atom is -0.496 e. The van der Waals surface area contributed by atoms with Gasteiger partial charge in [-0.25, -0.2) is 0 Å². The predicted molar refractivity (Wildman–Crippen MR) is 101 cm³/mol. The Balaban J connectivity index is 1.45. The van der Waals surface area contributed by atoms with Crippen molar-refractivity contribution >= 4 is 28.5 Å². The number of anilines is 1. The molecular weight excluding hydrogens is 344 g/mol. The third kappa shape index (κ3) is 3.23. The number of fused-ring (bicyclic) bond motifs is 1. The van der Waals surface area contributed by atoms with E-state index in [2.05, 4.69) is 15.5 Å². The monoisotopic (exact) mass is 364 g/mol. The minimum absolute atomic E-state index is 0.0929. The molecule has 1 unspecified atom stereocenters. The summed E-state index contributed by atoms with van der Waals surface area (Å²) in [6.45, 7) is 0.685. The molecular formula is C20H20N4O3. The first-order valence-corrected chi connectivity index (χ1v) is 8.80. The van der Waals surface area contributed by atoms with Crippen molar-refractivity contribution in [2.75, 3.05) is 18.6 Å². The number of ether oxygens (including phenoxy) is 1. The SMILES string of the molecule is COc1ccccc1CNC(=O)C1CC(=O)N(c2n[nH]c3ccccc23)C1. The Morgan fingerprint density at radius 2 is 2.04 bits per heavy atom. The number of benzene rings is 2. The van der Waals surface area contributed by atoms with E-state index in [1.807, 2.05) is 48.5 Å². The van der Waals surface area contributed by atoms with E-state index in [0.29, 0.717) is 18.9 Å². The zero-order valence-electron chi connectivity index (χ0n) is 14.9. The van der Waals surface area contributed by atoms with Crippen LogP contribution in [0.5, 0.6) is 5.75 Å². The van der Waals surface area contributed by atoms with E-state index in [9.17, 15) is 9.59 Å². The maximum absolute atomic E-state index is 12.6. The lowest BCUT2D eigenvalue weighted by Gasteiger charge is -2.15. The molecule has 2 N–H and O–H groups in total. The van der Waals surface area contributed by atoms with Gasteiger partial charge < -0.3 is 10.1 Å². The molecule has 2 aromatic carbocycles. The number of aromatic nitrogens is 2. The van der Waals surface area contributed by atoms with Gasteiger partial charge in [-0.15, -0.1) is 0 Å². The summed E-state index contributed by atoms with van der Waals surface area (Å²) in [7, 11) is 1.60. The van der Waals surface area contributed by atoms with Crippen LogP contribution in [-0.4, -0.2) is 35.7 Å².